The number of esters is 1. The van der Waals surface area contributed by atoms with Crippen LogP contribution >= 0.6 is 11.8 Å². The molecule has 4 N–H and O–H groups in total. The number of amides is 2. The van der Waals surface area contributed by atoms with E-state index in [0.717, 1.165) is 16.5 Å². The minimum absolute atomic E-state index is 0.0705. The van der Waals surface area contributed by atoms with Gasteiger partial charge in [0.05, 0.1) is 13.5 Å². The van der Waals surface area contributed by atoms with Gasteiger partial charge in [0.15, 0.2) is 0 Å². The predicted molar refractivity (Wildman–Crippen MR) is 141 cm³/mol. The number of hydrogen-bond acceptors (Lipinski definition) is 5. The van der Waals surface area contributed by atoms with E-state index in [2.05, 4.69) is 24.4 Å². The Morgan fingerprint density at radius 1 is 1.28 bits per heavy atom. The Morgan fingerprint density at radius 3 is 2.67 bits per heavy atom. The molecule has 0 unspecified atom stereocenters. The monoisotopic (exact) mass is 518 g/mol. The number of hydrogen-bond donors (Lipinski definition) is 3. The van der Waals surface area contributed by atoms with E-state index in [1.165, 1.54) is 18.9 Å². The number of ether oxygens (including phenoxy) is 1. The average molecular weight is 519 g/mol. The number of benzene rings is 1. The summed E-state index contributed by atoms with van der Waals surface area (Å²) in [4.78, 5) is 46.0. The number of para-hydroxylation sites is 1. The molecule has 0 saturated heterocycles. The van der Waals surface area contributed by atoms with E-state index in [1.54, 1.807) is 6.92 Å². The van der Waals surface area contributed by atoms with Gasteiger partial charge >= 0.3 is 5.97 Å². The van der Waals surface area contributed by atoms with E-state index in [4.69, 9.17) is 17.5 Å². The van der Waals surface area contributed by atoms with Gasteiger partial charge < -0.3 is 25.3 Å². The predicted octanol–water partition coefficient (Wildman–Crippen LogP) is 2.10. The topological polar surface area (TPSA) is 131 Å². The van der Waals surface area contributed by atoms with Crippen LogP contribution in [0.2, 0.25) is 0 Å². The van der Waals surface area contributed by atoms with Crippen LogP contribution in [0.15, 0.2) is 47.6 Å². The van der Waals surface area contributed by atoms with Gasteiger partial charge in [0, 0.05) is 48.5 Å². The highest BCUT2D eigenvalue weighted by Gasteiger charge is 2.28. The number of fused-ring (bicyclic) bond motifs is 1. The van der Waals surface area contributed by atoms with Crippen LogP contribution in [0.3, 0.4) is 0 Å². The molecule has 196 valence electrons. The zero-order valence-corrected chi connectivity index (χ0v) is 21.9. The van der Waals surface area contributed by atoms with Crippen molar-refractivity contribution in [1.29, 1.82) is 0 Å². The zero-order valence-electron chi connectivity index (χ0n) is 21.2. The summed E-state index contributed by atoms with van der Waals surface area (Å²) in [5.74, 6) is -1.17. The Morgan fingerprint density at radius 2 is 2.00 bits per heavy atom. The molecule has 2 aromatic rings. The molecule has 0 aliphatic rings. The van der Waals surface area contributed by atoms with Gasteiger partial charge in [0.25, 0.3) is 0 Å². The normalized spacial score (nSPS) is 13.4. The van der Waals surface area contributed by atoms with Crippen molar-refractivity contribution in [3.05, 3.63) is 48.2 Å². The van der Waals surface area contributed by atoms with Crippen LogP contribution < -0.4 is 15.9 Å². The van der Waals surface area contributed by atoms with Crippen molar-refractivity contribution in [3.63, 3.8) is 0 Å². The first kappa shape index (κ1) is 28.7. The summed E-state index contributed by atoms with van der Waals surface area (Å²) in [5, 5.41) is 3.59. The number of halogens is 1. The Bertz CT molecular complexity index is 1110. The van der Waals surface area contributed by atoms with E-state index in [0.29, 0.717) is 19.5 Å². The molecule has 0 radical (unpaired) electrons. The van der Waals surface area contributed by atoms with Crippen molar-refractivity contribution in [2.24, 2.45) is 10.7 Å². The lowest BCUT2D eigenvalue weighted by atomic mass is 10.1. The van der Waals surface area contributed by atoms with Gasteiger partial charge in [-0.15, -0.1) is 0 Å². The Hall–Kier alpha value is -3.53. The number of rotatable bonds is 12. The number of carbonyl (C=O) groups is 3. The molecule has 0 aliphatic heterocycles. The minimum Gasteiger partial charge on any atom is -0.467 e. The third kappa shape index (κ3) is 7.74. The first-order valence-corrected chi connectivity index (χ1v) is 12.1. The maximum Gasteiger partial charge on any atom is 0.328 e. The number of aromatic nitrogens is 1. The quantitative estimate of drug-likeness (QED) is 0.0984. The lowest BCUT2D eigenvalue weighted by molar-refractivity contribution is -0.146. The van der Waals surface area contributed by atoms with Crippen molar-refractivity contribution >= 4 is 46.4 Å². The summed E-state index contributed by atoms with van der Waals surface area (Å²) in [7, 11) is 1.25. The van der Waals surface area contributed by atoms with Crippen LogP contribution in [0.5, 0.6) is 0 Å². The molecule has 1 heterocycles. The summed E-state index contributed by atoms with van der Waals surface area (Å²) < 4.78 is 6.77. The third-order valence-corrected chi connectivity index (χ3v) is 5.96. The van der Waals surface area contributed by atoms with Gasteiger partial charge in [0.1, 0.15) is 12.1 Å². The maximum atomic E-state index is 13.5. The van der Waals surface area contributed by atoms with Gasteiger partial charge in [-0.2, -0.15) is 0 Å². The lowest BCUT2D eigenvalue weighted by Gasteiger charge is -2.29. The van der Waals surface area contributed by atoms with Gasteiger partial charge in [-0.05, 0) is 38.8 Å². The Balaban J connectivity index is 2.26. The molecule has 1 aromatic heterocycles. The fourth-order valence-electron chi connectivity index (χ4n) is 3.81. The van der Waals surface area contributed by atoms with E-state index in [9.17, 15) is 14.4 Å². The van der Waals surface area contributed by atoms with Crippen LogP contribution in [0.25, 0.3) is 10.9 Å². The van der Waals surface area contributed by atoms with E-state index >= 15 is 0 Å². The molecule has 0 bridgehead atoms. The molecular weight excluding hydrogens is 484 g/mol. The average Bonchev–Trinajstić information content (AvgIpc) is 3.23. The van der Waals surface area contributed by atoms with Gasteiger partial charge in [0.2, 0.25) is 17.8 Å². The largest absolute Gasteiger partial charge is 0.467 e. The molecule has 0 fully saturated rings. The first-order chi connectivity index (χ1) is 17.2. The molecule has 1 aromatic carbocycles. The van der Waals surface area contributed by atoms with Crippen LogP contribution in [-0.2, 0) is 32.1 Å². The number of carbonyl (C=O) groups excluding carboxylic acids is 3. The third-order valence-electron chi connectivity index (χ3n) is 5.77. The number of methoxy groups -OCH3 is 1. The molecule has 10 nitrogen and oxygen atoms in total. The summed E-state index contributed by atoms with van der Waals surface area (Å²) in [5.41, 5.74) is 7.46. The summed E-state index contributed by atoms with van der Waals surface area (Å²) in [6.07, 6.45) is 6.56. The highest BCUT2D eigenvalue weighted by atomic mass is 35.5. The Labute approximate surface area is 216 Å². The van der Waals surface area contributed by atoms with Crippen LogP contribution in [0.4, 0.5) is 0 Å². The van der Waals surface area contributed by atoms with E-state index in [1.807, 2.05) is 49.5 Å². The molecule has 11 heteroatoms. The van der Waals surface area contributed by atoms with Crippen LogP contribution in [-0.4, -0.2) is 65.5 Å². The maximum absolute atomic E-state index is 13.5. The second-order valence-corrected chi connectivity index (χ2v) is 8.49. The van der Waals surface area contributed by atoms with Crippen molar-refractivity contribution in [3.8, 4) is 0 Å². The van der Waals surface area contributed by atoms with Crippen molar-refractivity contribution < 1.29 is 19.1 Å². The summed E-state index contributed by atoms with van der Waals surface area (Å²) in [6, 6.07) is 6.23. The van der Waals surface area contributed by atoms with Gasteiger partial charge in [-0.25, -0.2) is 4.79 Å². The number of allylic oxidation sites excluding steroid dienone is 2. The van der Waals surface area contributed by atoms with Crippen molar-refractivity contribution in [2.45, 2.75) is 52.2 Å². The number of aliphatic imine (C=N–C) groups is 1. The number of guanidine groups is 1. The van der Waals surface area contributed by atoms with E-state index in [-0.39, 0.29) is 24.8 Å². The molecule has 0 aliphatic carbocycles. The van der Waals surface area contributed by atoms with E-state index < -0.39 is 24.0 Å². The first-order valence-electron chi connectivity index (χ1n) is 11.8. The number of nitrogens with zero attached hydrogens (tertiary/aromatic N) is 3. The molecule has 2 atom stereocenters. The standard InChI is InChI=1S/C25H35ClN6O4/c1-5-6-13-31-16-19(20-10-7-8-11-21(20)31)15-22(33)32(14-9-12-28-25(27)30-26)18(3)23(34)29-17(2)24(35)36-4/h5-8,10-11,16-18H,9,12-15H2,1-4H3,(H,29,34)(H3,27,28,30)/t17-,18+/m1/s1. The molecule has 0 saturated carbocycles. The molecule has 2 amide bonds. The fraction of sp³-hybridized carbons (Fsp3) is 0.440. The van der Waals surface area contributed by atoms with Gasteiger partial charge in [-0.3, -0.25) is 19.4 Å². The molecule has 36 heavy (non-hydrogen) atoms. The second kappa shape index (κ2) is 14.1. The van der Waals surface area contributed by atoms with Crippen molar-refractivity contribution in [2.75, 3.05) is 20.2 Å². The molecule has 2 rings (SSSR count). The number of nitrogens with two attached hydrogens (primary N) is 1. The molecular formula is C25H35ClN6O4. The minimum atomic E-state index is -0.842. The summed E-state index contributed by atoms with van der Waals surface area (Å²) >= 11 is 5.43. The lowest BCUT2D eigenvalue weighted by Crippen LogP contribution is -2.52. The van der Waals surface area contributed by atoms with Gasteiger partial charge in [-0.1, -0.05) is 30.4 Å². The number of nitrogens with one attached hydrogen (secondary N) is 2. The smallest absolute Gasteiger partial charge is 0.328 e. The SMILES string of the molecule is CC=CCn1cc(CC(=O)N(CCCN=C(N)NCl)[C@@H](C)C(=O)N[C@H](C)C(=O)OC)c2ccccc21. The highest BCUT2D eigenvalue weighted by Crippen LogP contribution is 2.23. The van der Waals surface area contributed by atoms with Crippen LogP contribution in [0.1, 0.15) is 32.8 Å². The van der Waals surface area contributed by atoms with Crippen molar-refractivity contribution in [1.82, 2.24) is 19.6 Å². The van der Waals surface area contributed by atoms with Crippen LogP contribution in [0, 0.1) is 0 Å². The molecule has 0 spiro atoms. The second-order valence-electron chi connectivity index (χ2n) is 8.30. The highest BCUT2D eigenvalue weighted by molar-refractivity contribution is 6.21. The fourth-order valence-corrected chi connectivity index (χ4v) is 3.87. The zero-order chi connectivity index (χ0) is 26.7. The summed E-state index contributed by atoms with van der Waals surface area (Å²) in [6.45, 7) is 6.38. The Kier molecular flexibility index (Phi) is 11.3.